The van der Waals surface area contributed by atoms with E-state index in [1.165, 1.54) is 0 Å². The number of aromatic nitrogens is 1. The van der Waals surface area contributed by atoms with E-state index in [2.05, 4.69) is 23.9 Å². The Morgan fingerprint density at radius 3 is 2.81 bits per heavy atom. The molecule has 0 amide bonds. The number of thiazole rings is 1. The van der Waals surface area contributed by atoms with Crippen molar-refractivity contribution < 1.29 is 4.42 Å². The van der Waals surface area contributed by atoms with E-state index >= 15 is 0 Å². The van der Waals surface area contributed by atoms with Crippen LogP contribution in [0.15, 0.2) is 55.8 Å². The Morgan fingerprint density at radius 1 is 1.24 bits per heavy atom. The molecule has 3 aromatic rings. The molecule has 0 radical (unpaired) electrons. The first-order valence-corrected chi connectivity index (χ1v) is 8.36. The molecule has 0 atom stereocenters. The van der Waals surface area contributed by atoms with Crippen LogP contribution in [0.5, 0.6) is 0 Å². The van der Waals surface area contributed by atoms with E-state index in [-0.39, 0.29) is 6.04 Å². The highest BCUT2D eigenvalue weighted by Gasteiger charge is 2.09. The van der Waals surface area contributed by atoms with Gasteiger partial charge in [0, 0.05) is 16.3 Å². The van der Waals surface area contributed by atoms with Crippen LogP contribution in [0.3, 0.4) is 0 Å². The number of nitrogens with zero attached hydrogens (tertiary/aromatic N) is 3. The average molecular weight is 317 g/mol. The van der Waals surface area contributed by atoms with Gasteiger partial charge in [0.1, 0.15) is 5.69 Å². The maximum atomic E-state index is 5.49. The third kappa shape index (κ3) is 3.22. The van der Waals surface area contributed by atoms with Crippen molar-refractivity contribution in [2.45, 2.75) is 19.9 Å². The van der Waals surface area contributed by atoms with Crippen LogP contribution < -0.4 is 4.80 Å². The Bertz CT molecular complexity index is 777. The predicted molar refractivity (Wildman–Crippen MR) is 88.0 cm³/mol. The van der Waals surface area contributed by atoms with Gasteiger partial charge in [-0.2, -0.15) is 5.10 Å². The van der Waals surface area contributed by atoms with Gasteiger partial charge in [0.15, 0.2) is 5.76 Å². The minimum absolute atomic E-state index is 0.219. The van der Waals surface area contributed by atoms with Crippen molar-refractivity contribution in [3.63, 3.8) is 0 Å². The molecule has 0 saturated carbocycles. The number of rotatable bonds is 4. The Balaban J connectivity index is 2.08. The van der Waals surface area contributed by atoms with Crippen molar-refractivity contribution in [3.8, 4) is 11.5 Å². The first-order valence-electron chi connectivity index (χ1n) is 6.60. The van der Waals surface area contributed by atoms with Gasteiger partial charge in [-0.3, -0.25) is 4.99 Å². The maximum Gasteiger partial charge on any atom is 0.206 e. The van der Waals surface area contributed by atoms with E-state index < -0.39 is 0 Å². The summed E-state index contributed by atoms with van der Waals surface area (Å²) in [7, 11) is 0. The summed E-state index contributed by atoms with van der Waals surface area (Å²) in [6.07, 6.45) is 3.52. The van der Waals surface area contributed by atoms with Gasteiger partial charge in [-0.1, -0.05) is 6.07 Å². The molecule has 0 spiro atoms. The molecule has 0 aromatic carbocycles. The van der Waals surface area contributed by atoms with E-state index in [1.54, 1.807) is 28.9 Å². The first kappa shape index (κ1) is 14.0. The second kappa shape index (κ2) is 6.24. The third-order valence-corrected chi connectivity index (χ3v) is 4.31. The van der Waals surface area contributed by atoms with Crippen molar-refractivity contribution in [3.05, 3.63) is 51.0 Å². The molecule has 21 heavy (non-hydrogen) atoms. The SMILES string of the molecule is CC(C)N=c1scc(-c2ccco2)n1N=Cc1cccs1. The van der Waals surface area contributed by atoms with Gasteiger partial charge in [0.05, 0.1) is 12.5 Å². The van der Waals surface area contributed by atoms with Crippen LogP contribution in [-0.4, -0.2) is 16.9 Å². The van der Waals surface area contributed by atoms with Crippen molar-refractivity contribution in [2.24, 2.45) is 10.1 Å². The van der Waals surface area contributed by atoms with E-state index in [4.69, 9.17) is 4.42 Å². The fraction of sp³-hybridized carbons (Fsp3) is 0.200. The first-order chi connectivity index (χ1) is 10.2. The van der Waals surface area contributed by atoms with Gasteiger partial charge < -0.3 is 4.42 Å². The molecule has 0 fully saturated rings. The van der Waals surface area contributed by atoms with E-state index in [0.717, 1.165) is 21.1 Å². The lowest BCUT2D eigenvalue weighted by atomic mass is 10.4. The zero-order chi connectivity index (χ0) is 14.7. The summed E-state index contributed by atoms with van der Waals surface area (Å²) in [6.45, 7) is 4.11. The van der Waals surface area contributed by atoms with Gasteiger partial charge in [0.2, 0.25) is 4.80 Å². The van der Waals surface area contributed by atoms with Crippen molar-refractivity contribution >= 4 is 28.9 Å². The molecule has 4 nitrogen and oxygen atoms in total. The highest BCUT2D eigenvalue weighted by atomic mass is 32.1. The van der Waals surface area contributed by atoms with Crippen LogP contribution in [0.25, 0.3) is 11.5 Å². The fourth-order valence-electron chi connectivity index (χ4n) is 1.80. The quantitative estimate of drug-likeness (QED) is 0.669. The van der Waals surface area contributed by atoms with Crippen LogP contribution in [0.2, 0.25) is 0 Å². The fourth-order valence-corrected chi connectivity index (χ4v) is 3.32. The zero-order valence-electron chi connectivity index (χ0n) is 11.8. The summed E-state index contributed by atoms with van der Waals surface area (Å²) in [4.78, 5) is 6.59. The smallest absolute Gasteiger partial charge is 0.206 e. The monoisotopic (exact) mass is 317 g/mol. The Labute approximate surface area is 130 Å². The van der Waals surface area contributed by atoms with Crippen LogP contribution in [0.1, 0.15) is 18.7 Å². The zero-order valence-corrected chi connectivity index (χ0v) is 13.4. The summed E-state index contributed by atoms with van der Waals surface area (Å²) < 4.78 is 7.32. The summed E-state index contributed by atoms with van der Waals surface area (Å²) in [5.74, 6) is 0.791. The van der Waals surface area contributed by atoms with Crippen LogP contribution in [0, 0.1) is 0 Å². The summed E-state index contributed by atoms with van der Waals surface area (Å²) in [5.41, 5.74) is 0.914. The second-order valence-electron chi connectivity index (χ2n) is 4.68. The molecule has 3 aromatic heterocycles. The highest BCUT2D eigenvalue weighted by molar-refractivity contribution is 7.11. The molecule has 0 unspecified atom stereocenters. The van der Waals surface area contributed by atoms with E-state index in [0.29, 0.717) is 0 Å². The molecular weight excluding hydrogens is 302 g/mol. The number of hydrogen-bond donors (Lipinski definition) is 0. The molecule has 0 saturated heterocycles. The van der Waals surface area contributed by atoms with Gasteiger partial charge in [-0.25, -0.2) is 4.68 Å². The van der Waals surface area contributed by atoms with Gasteiger partial charge in [-0.15, -0.1) is 22.7 Å². The predicted octanol–water partition coefficient (Wildman–Crippen LogP) is 4.06. The maximum absolute atomic E-state index is 5.49. The second-order valence-corrected chi connectivity index (χ2v) is 6.49. The number of furan rings is 1. The normalized spacial score (nSPS) is 12.8. The minimum atomic E-state index is 0.219. The molecular formula is C15H15N3OS2. The van der Waals surface area contributed by atoms with Crippen molar-refractivity contribution in [2.75, 3.05) is 0 Å². The summed E-state index contributed by atoms with van der Waals surface area (Å²) >= 11 is 3.22. The molecule has 3 rings (SSSR count). The summed E-state index contributed by atoms with van der Waals surface area (Å²) in [6, 6.07) is 8.07. The Morgan fingerprint density at radius 2 is 2.14 bits per heavy atom. The van der Waals surface area contributed by atoms with Crippen molar-refractivity contribution in [1.82, 2.24) is 4.68 Å². The average Bonchev–Trinajstić information content (AvgIpc) is 3.18. The largest absolute Gasteiger partial charge is 0.463 e. The molecule has 0 N–H and O–H groups in total. The van der Waals surface area contributed by atoms with Crippen LogP contribution in [0.4, 0.5) is 0 Å². The van der Waals surface area contributed by atoms with Crippen LogP contribution >= 0.6 is 22.7 Å². The van der Waals surface area contributed by atoms with Crippen molar-refractivity contribution in [1.29, 1.82) is 0 Å². The molecule has 6 heteroatoms. The van der Waals surface area contributed by atoms with Gasteiger partial charge >= 0.3 is 0 Å². The minimum Gasteiger partial charge on any atom is -0.463 e. The highest BCUT2D eigenvalue weighted by Crippen LogP contribution is 2.20. The van der Waals surface area contributed by atoms with E-state index in [1.807, 2.05) is 45.9 Å². The lowest BCUT2D eigenvalue weighted by Crippen LogP contribution is -2.14. The molecule has 0 aliphatic rings. The molecule has 0 aliphatic carbocycles. The third-order valence-electron chi connectivity index (χ3n) is 2.67. The number of thiophene rings is 1. The summed E-state index contributed by atoms with van der Waals surface area (Å²) in [5, 5.41) is 8.63. The Hall–Kier alpha value is -1.92. The molecule has 108 valence electrons. The lowest BCUT2D eigenvalue weighted by Gasteiger charge is -2.00. The standard InChI is InChI=1S/C15H15N3OS2/c1-11(2)17-15-18(16-9-12-5-4-8-20-12)13(10-21-15)14-6-3-7-19-14/h3-11H,1-2H3. The molecule has 0 bridgehead atoms. The Kier molecular flexibility index (Phi) is 4.17. The number of hydrogen-bond acceptors (Lipinski definition) is 5. The van der Waals surface area contributed by atoms with Crippen LogP contribution in [-0.2, 0) is 0 Å². The van der Waals surface area contributed by atoms with Gasteiger partial charge in [-0.05, 0) is 37.4 Å². The van der Waals surface area contributed by atoms with Gasteiger partial charge in [0.25, 0.3) is 0 Å². The van der Waals surface area contributed by atoms with E-state index in [9.17, 15) is 0 Å². The lowest BCUT2D eigenvalue weighted by molar-refractivity contribution is 0.575. The topological polar surface area (TPSA) is 42.8 Å². The molecule has 3 heterocycles. The molecule has 0 aliphatic heterocycles.